The van der Waals surface area contributed by atoms with E-state index in [1.54, 1.807) is 0 Å². The van der Waals surface area contributed by atoms with Crippen molar-refractivity contribution in [3.8, 4) is 0 Å². The summed E-state index contributed by atoms with van der Waals surface area (Å²) in [5.41, 5.74) is 0.821. The zero-order valence-electron chi connectivity index (χ0n) is 10.5. The molecular weight excluding hydrogens is 249 g/mol. The first-order valence-corrected chi connectivity index (χ1v) is 7.31. The summed E-state index contributed by atoms with van der Waals surface area (Å²) in [6, 6.07) is 5.18. The SMILES string of the molecule is Fc1cc(Cl)cc(NC2CCCC(C3CC3)C2)c1. The van der Waals surface area contributed by atoms with Crippen LogP contribution in [0.3, 0.4) is 0 Å². The molecule has 18 heavy (non-hydrogen) atoms. The predicted octanol–water partition coefficient (Wildman–Crippen LogP) is 4.86. The molecule has 0 aromatic heterocycles. The van der Waals surface area contributed by atoms with Gasteiger partial charge in [-0.2, -0.15) is 0 Å². The van der Waals surface area contributed by atoms with Crippen LogP contribution < -0.4 is 5.32 Å². The van der Waals surface area contributed by atoms with Crippen molar-refractivity contribution in [2.75, 3.05) is 5.32 Å². The van der Waals surface area contributed by atoms with Crippen molar-refractivity contribution in [3.05, 3.63) is 29.0 Å². The lowest BCUT2D eigenvalue weighted by atomic mass is 9.82. The van der Waals surface area contributed by atoms with Gasteiger partial charge in [-0.25, -0.2) is 4.39 Å². The number of anilines is 1. The Labute approximate surface area is 113 Å². The lowest BCUT2D eigenvalue weighted by Gasteiger charge is -2.30. The predicted molar refractivity (Wildman–Crippen MR) is 73.5 cm³/mol. The Bertz CT molecular complexity index is 410. The number of halogens is 2. The fourth-order valence-corrected chi connectivity index (χ4v) is 3.45. The zero-order chi connectivity index (χ0) is 12.5. The van der Waals surface area contributed by atoms with Crippen LogP contribution in [0.4, 0.5) is 10.1 Å². The quantitative estimate of drug-likeness (QED) is 0.825. The Balaban J connectivity index is 1.64. The highest BCUT2D eigenvalue weighted by molar-refractivity contribution is 6.30. The van der Waals surface area contributed by atoms with Gasteiger partial charge in [0.25, 0.3) is 0 Å². The van der Waals surface area contributed by atoms with Gasteiger partial charge in [-0.1, -0.05) is 24.4 Å². The summed E-state index contributed by atoms with van der Waals surface area (Å²) >= 11 is 5.88. The van der Waals surface area contributed by atoms with Crippen LogP contribution in [0, 0.1) is 17.7 Å². The first kappa shape index (κ1) is 12.3. The molecule has 2 atom stereocenters. The summed E-state index contributed by atoms with van der Waals surface area (Å²) in [7, 11) is 0. The second-order valence-corrected chi connectivity index (χ2v) is 6.20. The Morgan fingerprint density at radius 2 is 1.89 bits per heavy atom. The lowest BCUT2D eigenvalue weighted by Crippen LogP contribution is -2.28. The third-order valence-corrected chi connectivity index (χ3v) is 4.46. The molecule has 0 bridgehead atoms. The van der Waals surface area contributed by atoms with Crippen molar-refractivity contribution in [2.45, 2.75) is 44.6 Å². The van der Waals surface area contributed by atoms with Crippen molar-refractivity contribution >= 4 is 17.3 Å². The van der Waals surface area contributed by atoms with Crippen LogP contribution in [0.5, 0.6) is 0 Å². The zero-order valence-corrected chi connectivity index (χ0v) is 11.2. The van der Waals surface area contributed by atoms with E-state index in [1.807, 2.05) is 6.07 Å². The molecule has 2 aliphatic rings. The highest BCUT2D eigenvalue weighted by Crippen LogP contribution is 2.44. The number of benzene rings is 1. The Kier molecular flexibility index (Phi) is 3.47. The van der Waals surface area contributed by atoms with E-state index in [0.717, 1.165) is 17.5 Å². The third-order valence-electron chi connectivity index (χ3n) is 4.24. The van der Waals surface area contributed by atoms with E-state index in [1.165, 1.54) is 50.7 Å². The summed E-state index contributed by atoms with van der Waals surface area (Å²) in [5.74, 6) is 1.60. The van der Waals surface area contributed by atoms with Gasteiger partial charge >= 0.3 is 0 Å². The Morgan fingerprint density at radius 3 is 2.61 bits per heavy atom. The van der Waals surface area contributed by atoms with Gasteiger partial charge < -0.3 is 5.32 Å². The van der Waals surface area contributed by atoms with Crippen molar-refractivity contribution in [3.63, 3.8) is 0 Å². The normalized spacial score (nSPS) is 28.1. The van der Waals surface area contributed by atoms with E-state index in [0.29, 0.717) is 11.1 Å². The summed E-state index contributed by atoms with van der Waals surface area (Å²) in [6.45, 7) is 0. The molecule has 2 aliphatic carbocycles. The summed E-state index contributed by atoms with van der Waals surface area (Å²) in [5, 5.41) is 3.92. The minimum Gasteiger partial charge on any atom is -0.382 e. The molecule has 98 valence electrons. The molecule has 0 spiro atoms. The van der Waals surface area contributed by atoms with Crippen LogP contribution >= 0.6 is 11.6 Å². The lowest BCUT2D eigenvalue weighted by molar-refractivity contribution is 0.303. The highest BCUT2D eigenvalue weighted by Gasteiger charge is 2.34. The molecule has 1 nitrogen and oxygen atoms in total. The van der Waals surface area contributed by atoms with E-state index in [-0.39, 0.29) is 5.82 Å². The molecule has 3 rings (SSSR count). The van der Waals surface area contributed by atoms with E-state index >= 15 is 0 Å². The van der Waals surface area contributed by atoms with E-state index in [2.05, 4.69) is 5.32 Å². The number of nitrogens with one attached hydrogen (secondary N) is 1. The summed E-state index contributed by atoms with van der Waals surface area (Å²) in [4.78, 5) is 0. The fourth-order valence-electron chi connectivity index (χ4n) is 3.23. The maximum Gasteiger partial charge on any atom is 0.126 e. The number of rotatable bonds is 3. The van der Waals surface area contributed by atoms with Gasteiger partial charge in [-0.05, 0) is 55.7 Å². The van der Waals surface area contributed by atoms with Crippen LogP contribution in [0.2, 0.25) is 5.02 Å². The third kappa shape index (κ3) is 2.97. The monoisotopic (exact) mass is 267 g/mol. The Hall–Kier alpha value is -0.760. The average Bonchev–Trinajstić information content (AvgIpc) is 3.11. The van der Waals surface area contributed by atoms with Crippen LogP contribution in [-0.4, -0.2) is 6.04 Å². The highest BCUT2D eigenvalue weighted by atomic mass is 35.5. The molecule has 0 radical (unpaired) electrons. The molecule has 0 saturated heterocycles. The van der Waals surface area contributed by atoms with Crippen LogP contribution in [-0.2, 0) is 0 Å². The van der Waals surface area contributed by atoms with Crippen molar-refractivity contribution in [1.29, 1.82) is 0 Å². The van der Waals surface area contributed by atoms with Crippen molar-refractivity contribution < 1.29 is 4.39 Å². The second-order valence-electron chi connectivity index (χ2n) is 5.76. The second kappa shape index (κ2) is 5.08. The molecule has 0 heterocycles. The standard InChI is InChI=1S/C15H19ClFN/c16-12-7-13(17)9-15(8-12)18-14-3-1-2-11(6-14)10-4-5-10/h7-11,14,18H,1-6H2. The average molecular weight is 268 g/mol. The van der Waals surface area contributed by atoms with Gasteiger partial charge in [0.15, 0.2) is 0 Å². The van der Waals surface area contributed by atoms with Crippen LogP contribution in [0.1, 0.15) is 38.5 Å². The number of hydrogen-bond acceptors (Lipinski definition) is 1. The van der Waals surface area contributed by atoms with Crippen LogP contribution in [0.25, 0.3) is 0 Å². The molecule has 2 fully saturated rings. The first-order valence-electron chi connectivity index (χ1n) is 6.93. The largest absolute Gasteiger partial charge is 0.382 e. The van der Waals surface area contributed by atoms with Crippen LogP contribution in [0.15, 0.2) is 18.2 Å². The van der Waals surface area contributed by atoms with Gasteiger partial charge in [0, 0.05) is 16.8 Å². The smallest absolute Gasteiger partial charge is 0.126 e. The fraction of sp³-hybridized carbons (Fsp3) is 0.600. The van der Waals surface area contributed by atoms with Gasteiger partial charge in [-0.3, -0.25) is 0 Å². The van der Waals surface area contributed by atoms with Crippen molar-refractivity contribution in [1.82, 2.24) is 0 Å². The summed E-state index contributed by atoms with van der Waals surface area (Å²) < 4.78 is 13.3. The van der Waals surface area contributed by atoms with Gasteiger partial charge in [-0.15, -0.1) is 0 Å². The molecule has 2 unspecified atom stereocenters. The minimum absolute atomic E-state index is 0.264. The first-order chi connectivity index (χ1) is 8.70. The number of hydrogen-bond donors (Lipinski definition) is 1. The summed E-state index contributed by atoms with van der Waals surface area (Å²) in [6.07, 6.45) is 7.94. The molecule has 2 saturated carbocycles. The Morgan fingerprint density at radius 1 is 1.06 bits per heavy atom. The molecule has 1 N–H and O–H groups in total. The molecule has 0 aliphatic heterocycles. The van der Waals surface area contributed by atoms with Gasteiger partial charge in [0.05, 0.1) is 0 Å². The molecular formula is C15H19ClFN. The molecule has 3 heteroatoms. The molecule has 0 amide bonds. The van der Waals surface area contributed by atoms with Gasteiger partial charge in [0.2, 0.25) is 0 Å². The topological polar surface area (TPSA) is 12.0 Å². The minimum atomic E-state index is -0.264. The molecule has 1 aromatic carbocycles. The van der Waals surface area contributed by atoms with Crippen molar-refractivity contribution in [2.24, 2.45) is 11.8 Å². The van der Waals surface area contributed by atoms with E-state index in [9.17, 15) is 4.39 Å². The van der Waals surface area contributed by atoms with Gasteiger partial charge in [0.1, 0.15) is 5.82 Å². The van der Waals surface area contributed by atoms with E-state index < -0.39 is 0 Å². The maximum atomic E-state index is 13.3. The molecule has 1 aromatic rings. The van der Waals surface area contributed by atoms with E-state index in [4.69, 9.17) is 11.6 Å². The maximum absolute atomic E-state index is 13.3.